The number of hydrogen-bond acceptors (Lipinski definition) is 6. The molecule has 2 aromatic heterocycles. The summed E-state index contributed by atoms with van der Waals surface area (Å²) in [7, 11) is -4.18. The summed E-state index contributed by atoms with van der Waals surface area (Å²) in [6, 6.07) is 19.1. The maximum Gasteiger partial charge on any atom is 0.269 e. The highest BCUT2D eigenvalue weighted by atomic mass is 35.5. The SMILES string of the molecule is Cc1ccc(S(=O)(=O)/C(C#N)=C/c2c(Oc3ccc(Cl)cc3)nc3ccccn3c2=O)cc1. The number of aromatic nitrogens is 2. The van der Waals surface area contributed by atoms with Crippen molar-refractivity contribution in [3.8, 4) is 17.7 Å². The predicted octanol–water partition coefficient (Wildman–Crippen LogP) is 4.79. The molecule has 0 atom stereocenters. The molecule has 9 heteroatoms. The van der Waals surface area contributed by atoms with Gasteiger partial charge in [-0.15, -0.1) is 0 Å². The first kappa shape index (κ1) is 22.3. The molecule has 0 amide bonds. The van der Waals surface area contributed by atoms with Crippen molar-refractivity contribution >= 4 is 33.2 Å². The topological polar surface area (TPSA) is 102 Å². The van der Waals surface area contributed by atoms with E-state index in [0.29, 0.717) is 16.4 Å². The molecular weight excluding hydrogens is 462 g/mol. The van der Waals surface area contributed by atoms with E-state index in [0.717, 1.165) is 11.6 Å². The van der Waals surface area contributed by atoms with Crippen molar-refractivity contribution in [2.75, 3.05) is 0 Å². The number of aryl methyl sites for hydroxylation is 1. The number of rotatable bonds is 5. The number of nitrogens with zero attached hydrogens (tertiary/aromatic N) is 3. The Kier molecular flexibility index (Phi) is 6.01. The van der Waals surface area contributed by atoms with Crippen LogP contribution >= 0.6 is 11.6 Å². The highest BCUT2D eigenvalue weighted by Crippen LogP contribution is 2.27. The first-order valence-corrected chi connectivity index (χ1v) is 11.5. The normalized spacial score (nSPS) is 11.8. The summed E-state index contributed by atoms with van der Waals surface area (Å²) in [5.74, 6) is 0.196. The first-order valence-electron chi connectivity index (χ1n) is 9.68. The van der Waals surface area contributed by atoms with Gasteiger partial charge in [-0.05, 0) is 61.5 Å². The predicted molar refractivity (Wildman–Crippen MR) is 125 cm³/mol. The highest BCUT2D eigenvalue weighted by Gasteiger charge is 2.23. The van der Waals surface area contributed by atoms with Crippen LogP contribution in [0, 0.1) is 18.3 Å². The maximum absolute atomic E-state index is 13.2. The van der Waals surface area contributed by atoms with E-state index < -0.39 is 20.3 Å². The number of fused-ring (bicyclic) bond motifs is 1. The first-order chi connectivity index (χ1) is 15.8. The van der Waals surface area contributed by atoms with E-state index in [1.807, 2.05) is 6.92 Å². The van der Waals surface area contributed by atoms with E-state index in [2.05, 4.69) is 4.98 Å². The van der Waals surface area contributed by atoms with Gasteiger partial charge in [-0.25, -0.2) is 8.42 Å². The third-order valence-electron chi connectivity index (χ3n) is 4.77. The van der Waals surface area contributed by atoms with Crippen molar-refractivity contribution in [2.24, 2.45) is 0 Å². The van der Waals surface area contributed by atoms with Crippen LogP contribution in [0.4, 0.5) is 0 Å². The molecular formula is C24H16ClN3O4S. The number of pyridine rings is 1. The number of sulfone groups is 1. The zero-order valence-electron chi connectivity index (χ0n) is 17.3. The fourth-order valence-corrected chi connectivity index (χ4v) is 4.31. The Morgan fingerprint density at radius 1 is 1.09 bits per heavy atom. The van der Waals surface area contributed by atoms with E-state index in [1.54, 1.807) is 60.7 Å². The van der Waals surface area contributed by atoms with Crippen molar-refractivity contribution in [2.45, 2.75) is 11.8 Å². The monoisotopic (exact) mass is 477 g/mol. The van der Waals surface area contributed by atoms with Crippen molar-refractivity contribution < 1.29 is 13.2 Å². The number of halogens is 1. The van der Waals surface area contributed by atoms with Crippen LogP contribution in [0.25, 0.3) is 11.7 Å². The molecule has 0 saturated heterocycles. The summed E-state index contributed by atoms with van der Waals surface area (Å²) in [5.41, 5.74) is 0.396. The summed E-state index contributed by atoms with van der Waals surface area (Å²) < 4.78 is 33.2. The lowest BCUT2D eigenvalue weighted by atomic mass is 10.2. The molecule has 164 valence electrons. The summed E-state index contributed by atoms with van der Waals surface area (Å²) in [6.07, 6.45) is 2.49. The largest absolute Gasteiger partial charge is 0.438 e. The Bertz CT molecular complexity index is 1580. The summed E-state index contributed by atoms with van der Waals surface area (Å²) >= 11 is 5.92. The van der Waals surface area contributed by atoms with Gasteiger partial charge in [-0.1, -0.05) is 35.4 Å². The Morgan fingerprint density at radius 3 is 2.45 bits per heavy atom. The van der Waals surface area contributed by atoms with Crippen LogP contribution < -0.4 is 10.3 Å². The Hall–Kier alpha value is -3.93. The zero-order valence-corrected chi connectivity index (χ0v) is 18.8. The van der Waals surface area contributed by atoms with E-state index in [4.69, 9.17) is 16.3 Å². The maximum atomic E-state index is 13.2. The molecule has 7 nitrogen and oxygen atoms in total. The molecule has 0 fully saturated rings. The average molecular weight is 478 g/mol. The fraction of sp³-hybridized carbons (Fsp3) is 0.0417. The molecule has 0 aliphatic heterocycles. The standard InChI is InChI=1S/C24H16ClN3O4S/c1-16-5-11-19(12-6-16)33(30,31)20(15-26)14-21-23(32-18-9-7-17(25)8-10-18)27-22-4-2-3-13-28(22)24(21)29/h2-14H,1H3/b20-14+. The number of allylic oxidation sites excluding steroid dienone is 1. The Balaban J connectivity index is 1.92. The van der Waals surface area contributed by atoms with E-state index in [-0.39, 0.29) is 16.3 Å². The highest BCUT2D eigenvalue weighted by molar-refractivity contribution is 7.95. The molecule has 0 unspecified atom stereocenters. The molecule has 4 rings (SSSR count). The smallest absolute Gasteiger partial charge is 0.269 e. The molecule has 0 aliphatic rings. The lowest BCUT2D eigenvalue weighted by Gasteiger charge is -2.10. The van der Waals surface area contributed by atoms with Crippen LogP contribution in [0.5, 0.6) is 11.6 Å². The molecule has 2 heterocycles. The zero-order chi connectivity index (χ0) is 23.6. The molecule has 4 aromatic rings. The molecule has 2 aromatic carbocycles. The van der Waals surface area contributed by atoms with Crippen molar-refractivity contribution in [3.63, 3.8) is 0 Å². The number of hydrogen-bond donors (Lipinski definition) is 0. The van der Waals surface area contributed by atoms with Crippen LogP contribution in [0.2, 0.25) is 5.02 Å². The van der Waals surface area contributed by atoms with Crippen molar-refractivity contribution in [1.82, 2.24) is 9.38 Å². The minimum atomic E-state index is -4.18. The second-order valence-electron chi connectivity index (χ2n) is 7.06. The third-order valence-corrected chi connectivity index (χ3v) is 6.70. The van der Waals surface area contributed by atoms with Gasteiger partial charge in [0, 0.05) is 11.2 Å². The van der Waals surface area contributed by atoms with Gasteiger partial charge in [0.25, 0.3) is 5.56 Å². The average Bonchev–Trinajstić information content (AvgIpc) is 2.80. The Labute approximate surface area is 194 Å². The van der Waals surface area contributed by atoms with Gasteiger partial charge in [0.2, 0.25) is 15.7 Å². The third kappa shape index (κ3) is 4.51. The van der Waals surface area contributed by atoms with Crippen LogP contribution in [0.1, 0.15) is 11.1 Å². The second kappa shape index (κ2) is 8.90. The van der Waals surface area contributed by atoms with Gasteiger partial charge in [0.15, 0.2) is 0 Å². The van der Waals surface area contributed by atoms with Gasteiger partial charge in [0.1, 0.15) is 27.9 Å². The summed E-state index contributed by atoms with van der Waals surface area (Å²) in [6.45, 7) is 1.82. The molecule has 0 spiro atoms. The van der Waals surface area contributed by atoms with Crippen LogP contribution in [-0.4, -0.2) is 17.8 Å². The van der Waals surface area contributed by atoms with Gasteiger partial charge in [-0.2, -0.15) is 10.2 Å². The second-order valence-corrected chi connectivity index (χ2v) is 9.41. The van der Waals surface area contributed by atoms with Gasteiger partial charge >= 0.3 is 0 Å². The van der Waals surface area contributed by atoms with Crippen molar-refractivity contribution in [3.05, 3.63) is 104 Å². The van der Waals surface area contributed by atoms with E-state index in [9.17, 15) is 18.5 Å². The molecule has 0 N–H and O–H groups in total. The Morgan fingerprint density at radius 2 is 1.79 bits per heavy atom. The van der Waals surface area contributed by atoms with Gasteiger partial charge < -0.3 is 4.74 Å². The number of ether oxygens (including phenoxy) is 1. The molecule has 0 saturated carbocycles. The van der Waals surface area contributed by atoms with E-state index >= 15 is 0 Å². The minimum Gasteiger partial charge on any atom is -0.438 e. The van der Waals surface area contributed by atoms with Gasteiger partial charge in [-0.3, -0.25) is 9.20 Å². The van der Waals surface area contributed by atoms with Crippen LogP contribution in [-0.2, 0) is 9.84 Å². The lowest BCUT2D eigenvalue weighted by molar-refractivity contribution is 0.461. The number of nitriles is 1. The summed E-state index contributed by atoms with van der Waals surface area (Å²) in [5, 5.41) is 10.2. The minimum absolute atomic E-state index is 0.0603. The summed E-state index contributed by atoms with van der Waals surface area (Å²) in [4.78, 5) is 16.9. The lowest BCUT2D eigenvalue weighted by Crippen LogP contribution is -2.19. The van der Waals surface area contributed by atoms with E-state index in [1.165, 1.54) is 22.7 Å². The van der Waals surface area contributed by atoms with Crippen LogP contribution in [0.3, 0.4) is 0 Å². The number of benzene rings is 2. The molecule has 0 bridgehead atoms. The fourth-order valence-electron chi connectivity index (χ4n) is 3.04. The molecule has 0 aliphatic carbocycles. The van der Waals surface area contributed by atoms with Crippen molar-refractivity contribution in [1.29, 1.82) is 5.26 Å². The van der Waals surface area contributed by atoms with Gasteiger partial charge in [0.05, 0.1) is 4.90 Å². The molecule has 0 radical (unpaired) electrons. The molecule has 33 heavy (non-hydrogen) atoms. The van der Waals surface area contributed by atoms with Crippen LogP contribution in [0.15, 0.2) is 87.5 Å². The quantitative estimate of drug-likeness (QED) is 0.383.